The molecule has 0 rings (SSSR count). The summed E-state index contributed by atoms with van der Waals surface area (Å²) in [4.78, 5) is 11.4. The molecule has 0 saturated heterocycles. The summed E-state index contributed by atoms with van der Waals surface area (Å²) in [5, 5.41) is 12.6. The monoisotopic (exact) mass is 369 g/mol. The molecule has 0 aliphatic carbocycles. The highest BCUT2D eigenvalue weighted by Crippen LogP contribution is 2.11. The molecule has 0 saturated carbocycles. The number of carboxylic acid groups (broad SMARTS) is 1. The Bertz CT molecular complexity index is 294. The van der Waals surface area contributed by atoms with Crippen molar-refractivity contribution >= 4 is 5.97 Å². The fraction of sp³-hybridized carbons (Fsp3) is 0.957. The van der Waals surface area contributed by atoms with Crippen LogP contribution >= 0.6 is 0 Å². The van der Waals surface area contributed by atoms with Gasteiger partial charge in [0.1, 0.15) is 6.04 Å². The van der Waals surface area contributed by atoms with Crippen molar-refractivity contribution in [2.24, 2.45) is 0 Å². The van der Waals surface area contributed by atoms with Crippen LogP contribution in [0.25, 0.3) is 0 Å². The highest BCUT2D eigenvalue weighted by atomic mass is 16.4. The van der Waals surface area contributed by atoms with Crippen LogP contribution in [0.15, 0.2) is 0 Å². The quantitative estimate of drug-likeness (QED) is 0.212. The van der Waals surface area contributed by atoms with E-state index in [-0.39, 0.29) is 6.04 Å². The van der Waals surface area contributed by atoms with Crippen molar-refractivity contribution in [2.45, 2.75) is 135 Å². The first-order chi connectivity index (χ1) is 12.7. The van der Waals surface area contributed by atoms with Gasteiger partial charge in [-0.05, 0) is 19.4 Å². The zero-order chi connectivity index (χ0) is 19.3. The number of nitrogens with one attached hydrogen (secondary N) is 1. The normalized spacial score (nSPS) is 12.4. The standard InChI is InChI=1S/C23H47NO2/c1-3-5-7-9-11-12-13-15-17-19-21-24-22(23(25)26)20-18-16-14-10-8-6-4-2/h22,24H,3-21H2,1-2H3,(H,25,26). The lowest BCUT2D eigenvalue weighted by Gasteiger charge is -2.14. The van der Waals surface area contributed by atoms with Gasteiger partial charge in [0.2, 0.25) is 0 Å². The number of hydrogen-bond donors (Lipinski definition) is 2. The van der Waals surface area contributed by atoms with E-state index in [4.69, 9.17) is 0 Å². The van der Waals surface area contributed by atoms with Gasteiger partial charge in [-0.2, -0.15) is 0 Å². The molecule has 0 heterocycles. The Morgan fingerprint density at radius 3 is 1.46 bits per heavy atom. The van der Waals surface area contributed by atoms with E-state index in [1.807, 2.05) is 0 Å². The third-order valence-corrected chi connectivity index (χ3v) is 5.32. The number of rotatable bonds is 21. The molecule has 1 unspecified atom stereocenters. The van der Waals surface area contributed by atoms with Gasteiger partial charge in [0.05, 0.1) is 0 Å². The second-order valence-electron chi connectivity index (χ2n) is 7.94. The zero-order valence-electron chi connectivity index (χ0n) is 17.9. The van der Waals surface area contributed by atoms with E-state index in [1.54, 1.807) is 0 Å². The molecule has 0 aromatic rings. The van der Waals surface area contributed by atoms with E-state index in [0.717, 1.165) is 25.8 Å². The van der Waals surface area contributed by atoms with Crippen LogP contribution in [0.2, 0.25) is 0 Å². The molecule has 0 aromatic carbocycles. The molecule has 1 atom stereocenters. The highest BCUT2D eigenvalue weighted by Gasteiger charge is 2.15. The van der Waals surface area contributed by atoms with Crippen LogP contribution in [-0.4, -0.2) is 23.7 Å². The van der Waals surface area contributed by atoms with Gasteiger partial charge in [-0.15, -0.1) is 0 Å². The summed E-state index contributed by atoms with van der Waals surface area (Å²) >= 11 is 0. The fourth-order valence-corrected chi connectivity index (χ4v) is 3.51. The molecular formula is C23H47NO2. The summed E-state index contributed by atoms with van der Waals surface area (Å²) in [6, 6.07) is -0.343. The lowest BCUT2D eigenvalue weighted by molar-refractivity contribution is -0.139. The number of hydrogen-bond acceptors (Lipinski definition) is 2. The van der Waals surface area contributed by atoms with Gasteiger partial charge in [0.15, 0.2) is 0 Å². The summed E-state index contributed by atoms with van der Waals surface area (Å²) in [7, 11) is 0. The number of carbonyl (C=O) groups is 1. The first-order valence-corrected chi connectivity index (χ1v) is 11.7. The zero-order valence-corrected chi connectivity index (χ0v) is 17.9. The third-order valence-electron chi connectivity index (χ3n) is 5.32. The maximum Gasteiger partial charge on any atom is 0.320 e. The van der Waals surface area contributed by atoms with E-state index in [1.165, 1.54) is 96.3 Å². The van der Waals surface area contributed by atoms with Crippen LogP contribution in [0.1, 0.15) is 129 Å². The minimum Gasteiger partial charge on any atom is -0.480 e. The van der Waals surface area contributed by atoms with Gasteiger partial charge in [-0.1, -0.05) is 117 Å². The molecule has 26 heavy (non-hydrogen) atoms. The molecule has 0 fully saturated rings. The molecule has 0 spiro atoms. The van der Waals surface area contributed by atoms with Gasteiger partial charge in [-0.25, -0.2) is 0 Å². The lowest BCUT2D eigenvalue weighted by atomic mass is 10.0. The second kappa shape index (κ2) is 20.7. The van der Waals surface area contributed by atoms with Crippen LogP contribution in [0, 0.1) is 0 Å². The first-order valence-electron chi connectivity index (χ1n) is 11.7. The van der Waals surface area contributed by atoms with Crippen LogP contribution in [0.3, 0.4) is 0 Å². The largest absolute Gasteiger partial charge is 0.480 e. The van der Waals surface area contributed by atoms with Crippen LogP contribution in [0.4, 0.5) is 0 Å². The van der Waals surface area contributed by atoms with Gasteiger partial charge < -0.3 is 10.4 Å². The average Bonchev–Trinajstić information content (AvgIpc) is 2.63. The van der Waals surface area contributed by atoms with E-state index in [9.17, 15) is 9.90 Å². The number of aliphatic carboxylic acids is 1. The van der Waals surface area contributed by atoms with Gasteiger partial charge >= 0.3 is 5.97 Å². The fourth-order valence-electron chi connectivity index (χ4n) is 3.51. The molecule has 0 bridgehead atoms. The Hall–Kier alpha value is -0.570. The Morgan fingerprint density at radius 2 is 1.04 bits per heavy atom. The SMILES string of the molecule is CCCCCCCCCCCCNC(CCCCCCCCC)C(=O)O. The predicted molar refractivity (Wildman–Crippen MR) is 114 cm³/mol. The van der Waals surface area contributed by atoms with E-state index in [2.05, 4.69) is 19.2 Å². The summed E-state index contributed by atoms with van der Waals surface area (Å²) in [5.74, 6) is -0.678. The molecule has 3 heteroatoms. The molecular weight excluding hydrogens is 322 g/mol. The summed E-state index contributed by atoms with van der Waals surface area (Å²) in [6.07, 6.45) is 22.7. The van der Waals surface area contributed by atoms with Crippen molar-refractivity contribution in [1.82, 2.24) is 5.32 Å². The number of carboxylic acids is 1. The topological polar surface area (TPSA) is 49.3 Å². The maximum absolute atomic E-state index is 11.4. The molecule has 2 N–H and O–H groups in total. The van der Waals surface area contributed by atoms with Crippen LogP contribution in [-0.2, 0) is 4.79 Å². The van der Waals surface area contributed by atoms with Crippen molar-refractivity contribution in [3.8, 4) is 0 Å². The Morgan fingerprint density at radius 1 is 0.654 bits per heavy atom. The van der Waals surface area contributed by atoms with E-state index >= 15 is 0 Å². The van der Waals surface area contributed by atoms with E-state index in [0.29, 0.717) is 0 Å². The minimum atomic E-state index is -0.678. The Kier molecular flexibility index (Phi) is 20.3. The van der Waals surface area contributed by atoms with Crippen LogP contribution in [0.5, 0.6) is 0 Å². The molecule has 0 aromatic heterocycles. The van der Waals surface area contributed by atoms with Crippen molar-refractivity contribution in [2.75, 3.05) is 6.54 Å². The second-order valence-corrected chi connectivity index (χ2v) is 7.94. The molecule has 0 aliphatic rings. The summed E-state index contributed by atoms with van der Waals surface area (Å²) < 4.78 is 0. The van der Waals surface area contributed by atoms with Crippen molar-refractivity contribution in [3.63, 3.8) is 0 Å². The first kappa shape index (κ1) is 25.4. The molecule has 0 amide bonds. The Labute approximate surface area is 163 Å². The van der Waals surface area contributed by atoms with Crippen LogP contribution < -0.4 is 5.32 Å². The smallest absolute Gasteiger partial charge is 0.320 e. The third kappa shape index (κ3) is 18.2. The molecule has 0 radical (unpaired) electrons. The van der Waals surface area contributed by atoms with Gasteiger partial charge in [0.25, 0.3) is 0 Å². The van der Waals surface area contributed by atoms with E-state index < -0.39 is 5.97 Å². The number of unbranched alkanes of at least 4 members (excludes halogenated alkanes) is 15. The predicted octanol–water partition coefficient (Wildman–Crippen LogP) is 7.09. The van der Waals surface area contributed by atoms with Gasteiger partial charge in [-0.3, -0.25) is 4.79 Å². The molecule has 0 aliphatic heterocycles. The average molecular weight is 370 g/mol. The maximum atomic E-state index is 11.4. The molecule has 156 valence electrons. The Balaban J connectivity index is 3.44. The van der Waals surface area contributed by atoms with Crippen molar-refractivity contribution in [1.29, 1.82) is 0 Å². The molecule has 3 nitrogen and oxygen atoms in total. The van der Waals surface area contributed by atoms with Crippen molar-refractivity contribution in [3.05, 3.63) is 0 Å². The van der Waals surface area contributed by atoms with Crippen molar-refractivity contribution < 1.29 is 9.90 Å². The minimum absolute atomic E-state index is 0.343. The highest BCUT2D eigenvalue weighted by molar-refractivity contribution is 5.73. The lowest BCUT2D eigenvalue weighted by Crippen LogP contribution is -2.37. The summed E-state index contributed by atoms with van der Waals surface area (Å²) in [6.45, 7) is 5.35. The summed E-state index contributed by atoms with van der Waals surface area (Å²) in [5.41, 5.74) is 0. The van der Waals surface area contributed by atoms with Gasteiger partial charge in [0, 0.05) is 0 Å².